The second-order valence-corrected chi connectivity index (χ2v) is 6.99. The van der Waals surface area contributed by atoms with Gasteiger partial charge in [-0.05, 0) is 44.7 Å². The summed E-state index contributed by atoms with van der Waals surface area (Å²) in [5.74, 6) is 2.82. The van der Waals surface area contributed by atoms with E-state index < -0.39 is 0 Å². The van der Waals surface area contributed by atoms with Crippen LogP contribution in [0, 0.1) is 5.92 Å². The molecule has 132 valence electrons. The molecule has 24 heavy (non-hydrogen) atoms. The third kappa shape index (κ3) is 3.77. The number of rotatable bonds is 6. The Bertz CT molecular complexity index is 707. The number of nitrogens with one attached hydrogen (secondary N) is 1. The topological polar surface area (TPSA) is 80.0 Å². The van der Waals surface area contributed by atoms with Crippen LogP contribution in [-0.4, -0.2) is 37.9 Å². The molecule has 1 fully saturated rings. The minimum atomic E-state index is -0.101. The van der Waals surface area contributed by atoms with Crippen LogP contribution in [0.2, 0.25) is 0 Å². The maximum Gasteiger partial charge on any atom is 0.343 e. The van der Waals surface area contributed by atoms with Gasteiger partial charge in [-0.2, -0.15) is 5.10 Å². The minimum absolute atomic E-state index is 0.101. The molecule has 1 saturated heterocycles. The Morgan fingerprint density at radius 2 is 2.12 bits per heavy atom. The summed E-state index contributed by atoms with van der Waals surface area (Å²) in [4.78, 5) is 14.1. The average molecular weight is 333 g/mol. The summed E-state index contributed by atoms with van der Waals surface area (Å²) in [6.45, 7) is 9.82. The van der Waals surface area contributed by atoms with E-state index >= 15 is 0 Å². The van der Waals surface area contributed by atoms with Gasteiger partial charge in [0.25, 0.3) is 0 Å². The van der Waals surface area contributed by atoms with Crippen molar-refractivity contribution in [3.63, 3.8) is 0 Å². The van der Waals surface area contributed by atoms with Gasteiger partial charge in [-0.1, -0.05) is 19.0 Å². The van der Waals surface area contributed by atoms with Crippen LogP contribution < -0.4 is 5.69 Å². The third-order valence-electron chi connectivity index (χ3n) is 4.88. The quantitative estimate of drug-likeness (QED) is 0.876. The summed E-state index contributed by atoms with van der Waals surface area (Å²) in [6, 6.07) is 2.07. The van der Waals surface area contributed by atoms with Gasteiger partial charge in [-0.25, -0.2) is 9.89 Å². The molecule has 0 spiro atoms. The predicted molar refractivity (Wildman–Crippen MR) is 90.8 cm³/mol. The van der Waals surface area contributed by atoms with Gasteiger partial charge in [0.2, 0.25) is 0 Å². The second-order valence-electron chi connectivity index (χ2n) is 6.99. The van der Waals surface area contributed by atoms with Crippen molar-refractivity contribution in [2.24, 2.45) is 5.92 Å². The Morgan fingerprint density at radius 1 is 1.38 bits per heavy atom. The molecular weight excluding hydrogens is 306 g/mol. The lowest BCUT2D eigenvalue weighted by Crippen LogP contribution is -2.34. The van der Waals surface area contributed by atoms with E-state index in [9.17, 15) is 4.79 Å². The molecule has 2 aromatic heterocycles. The Labute approximate surface area is 142 Å². The van der Waals surface area contributed by atoms with Crippen LogP contribution in [-0.2, 0) is 19.5 Å². The monoisotopic (exact) mass is 333 g/mol. The highest BCUT2D eigenvalue weighted by molar-refractivity contribution is 5.09. The molecule has 0 bridgehead atoms. The number of nitrogens with zero attached hydrogens (tertiary/aromatic N) is 4. The van der Waals surface area contributed by atoms with E-state index in [1.807, 2.05) is 6.92 Å². The normalized spacial score (nSPS) is 17.0. The summed E-state index contributed by atoms with van der Waals surface area (Å²) in [5, 5.41) is 10.9. The van der Waals surface area contributed by atoms with Crippen LogP contribution in [0.25, 0.3) is 0 Å². The molecule has 0 radical (unpaired) electrons. The molecular formula is C17H27N5O2. The molecule has 3 heterocycles. The second kappa shape index (κ2) is 7.34. The zero-order valence-electron chi connectivity index (χ0n) is 14.8. The van der Waals surface area contributed by atoms with Crippen molar-refractivity contribution in [1.82, 2.24) is 24.8 Å². The number of aromatic amines is 1. The van der Waals surface area contributed by atoms with Gasteiger partial charge in [0.05, 0.1) is 12.2 Å². The van der Waals surface area contributed by atoms with Gasteiger partial charge in [0.1, 0.15) is 5.82 Å². The Morgan fingerprint density at radius 3 is 2.75 bits per heavy atom. The molecule has 3 rings (SSSR count). The number of aromatic nitrogens is 4. The predicted octanol–water partition coefficient (Wildman–Crippen LogP) is 2.16. The molecule has 7 heteroatoms. The van der Waals surface area contributed by atoms with Crippen LogP contribution >= 0.6 is 0 Å². The number of hydrogen-bond acceptors (Lipinski definition) is 5. The maximum absolute atomic E-state index is 11.6. The van der Waals surface area contributed by atoms with Gasteiger partial charge in [-0.15, -0.1) is 0 Å². The molecule has 0 atom stereocenters. The molecule has 0 saturated carbocycles. The molecule has 0 aromatic carbocycles. The van der Waals surface area contributed by atoms with Crippen molar-refractivity contribution in [3.8, 4) is 0 Å². The van der Waals surface area contributed by atoms with E-state index in [1.165, 1.54) is 0 Å². The highest BCUT2D eigenvalue weighted by Gasteiger charge is 2.22. The molecule has 1 aliphatic heterocycles. The highest BCUT2D eigenvalue weighted by atomic mass is 16.5. The first kappa shape index (κ1) is 17.0. The Balaban J connectivity index is 1.51. The van der Waals surface area contributed by atoms with Crippen molar-refractivity contribution < 1.29 is 4.52 Å². The van der Waals surface area contributed by atoms with Crippen LogP contribution in [0.5, 0.6) is 0 Å². The lowest BCUT2D eigenvalue weighted by Gasteiger charge is -2.30. The van der Waals surface area contributed by atoms with Crippen LogP contribution in [0.3, 0.4) is 0 Å². The lowest BCUT2D eigenvalue weighted by molar-refractivity contribution is 0.160. The van der Waals surface area contributed by atoms with Crippen molar-refractivity contribution in [3.05, 3.63) is 33.8 Å². The van der Waals surface area contributed by atoms with Gasteiger partial charge in [-0.3, -0.25) is 9.47 Å². The molecule has 1 N–H and O–H groups in total. The number of H-pyrrole nitrogens is 1. The molecule has 1 aliphatic rings. The van der Waals surface area contributed by atoms with Crippen LogP contribution in [0.15, 0.2) is 15.4 Å². The van der Waals surface area contributed by atoms with Crippen molar-refractivity contribution >= 4 is 0 Å². The zero-order chi connectivity index (χ0) is 17.1. The van der Waals surface area contributed by atoms with Crippen molar-refractivity contribution in [1.29, 1.82) is 0 Å². The minimum Gasteiger partial charge on any atom is -0.360 e. The molecule has 0 aliphatic carbocycles. The first-order chi connectivity index (χ1) is 11.6. The average Bonchev–Trinajstić information content (AvgIpc) is 3.16. The smallest absolute Gasteiger partial charge is 0.343 e. The Hall–Kier alpha value is -1.89. The fourth-order valence-electron chi connectivity index (χ4n) is 3.34. The van der Waals surface area contributed by atoms with Crippen LogP contribution in [0.1, 0.15) is 56.8 Å². The van der Waals surface area contributed by atoms with E-state index in [4.69, 9.17) is 4.52 Å². The standard InChI is InChI=1S/C17H27N5O2/c1-4-22-16(18-19-17(22)23)9-13-5-7-21(8-6-13)11-14-10-15(12(2)3)20-24-14/h10,12-13H,4-9,11H2,1-3H3,(H,19,23). The largest absolute Gasteiger partial charge is 0.360 e. The lowest BCUT2D eigenvalue weighted by atomic mass is 9.93. The third-order valence-corrected chi connectivity index (χ3v) is 4.88. The van der Waals surface area contributed by atoms with E-state index in [2.05, 4.69) is 40.2 Å². The van der Waals surface area contributed by atoms with Gasteiger partial charge in [0.15, 0.2) is 5.76 Å². The van der Waals surface area contributed by atoms with Crippen molar-refractivity contribution in [2.45, 2.75) is 59.0 Å². The first-order valence-electron chi connectivity index (χ1n) is 8.88. The van der Waals surface area contributed by atoms with Gasteiger partial charge < -0.3 is 4.52 Å². The van der Waals surface area contributed by atoms with Crippen LogP contribution in [0.4, 0.5) is 0 Å². The molecule has 2 aromatic rings. The fraction of sp³-hybridized carbons (Fsp3) is 0.706. The van der Waals surface area contributed by atoms with Gasteiger partial charge >= 0.3 is 5.69 Å². The number of piperidine rings is 1. The molecule has 0 unspecified atom stereocenters. The fourth-order valence-corrected chi connectivity index (χ4v) is 3.34. The van der Waals surface area contributed by atoms with E-state index in [1.54, 1.807) is 4.57 Å². The zero-order valence-corrected chi connectivity index (χ0v) is 14.8. The molecule has 7 nitrogen and oxygen atoms in total. The van der Waals surface area contributed by atoms with E-state index in [-0.39, 0.29) is 5.69 Å². The summed E-state index contributed by atoms with van der Waals surface area (Å²) >= 11 is 0. The van der Waals surface area contributed by atoms with E-state index in [0.29, 0.717) is 18.4 Å². The molecule has 0 amide bonds. The first-order valence-corrected chi connectivity index (χ1v) is 8.88. The maximum atomic E-state index is 11.6. The van der Waals surface area contributed by atoms with Crippen molar-refractivity contribution in [2.75, 3.05) is 13.1 Å². The summed E-state index contributed by atoms with van der Waals surface area (Å²) in [5.41, 5.74) is 0.923. The van der Waals surface area contributed by atoms with E-state index in [0.717, 1.165) is 56.2 Å². The highest BCUT2D eigenvalue weighted by Crippen LogP contribution is 2.23. The summed E-state index contributed by atoms with van der Waals surface area (Å²) in [7, 11) is 0. The summed E-state index contributed by atoms with van der Waals surface area (Å²) < 4.78 is 7.17. The Kier molecular flexibility index (Phi) is 5.18. The van der Waals surface area contributed by atoms with Gasteiger partial charge in [0, 0.05) is 19.0 Å². The number of likely N-dealkylation sites (tertiary alicyclic amines) is 1. The SMILES string of the molecule is CCn1c(CC2CCN(Cc3cc(C(C)C)no3)CC2)n[nH]c1=O. The number of hydrogen-bond donors (Lipinski definition) is 1. The summed E-state index contributed by atoms with van der Waals surface area (Å²) in [6.07, 6.45) is 3.12.